The first-order chi connectivity index (χ1) is 8.53. The van der Waals surface area contributed by atoms with Gasteiger partial charge in [-0.15, -0.1) is 0 Å². The van der Waals surface area contributed by atoms with Crippen LogP contribution in [0, 0.1) is 5.41 Å². The summed E-state index contributed by atoms with van der Waals surface area (Å²) in [6.07, 6.45) is 0. The van der Waals surface area contributed by atoms with Crippen LogP contribution in [0.2, 0.25) is 0 Å². The molecule has 0 aliphatic rings. The highest BCUT2D eigenvalue weighted by molar-refractivity contribution is 6.04. The zero-order valence-corrected chi connectivity index (χ0v) is 10.5. The van der Waals surface area contributed by atoms with E-state index in [1.165, 1.54) is 0 Å². The van der Waals surface area contributed by atoms with Crippen molar-refractivity contribution in [2.24, 2.45) is 5.41 Å². The van der Waals surface area contributed by atoms with E-state index in [0.717, 1.165) is 10.9 Å². The number of H-pyrrole nitrogens is 1. The van der Waals surface area contributed by atoms with Crippen molar-refractivity contribution in [1.29, 1.82) is 0 Å². The predicted molar refractivity (Wildman–Crippen MR) is 69.3 cm³/mol. The predicted octanol–water partition coefficient (Wildman–Crippen LogP) is 1.31. The lowest BCUT2D eigenvalue weighted by atomic mass is 9.95. The molecule has 1 heterocycles. The van der Waals surface area contributed by atoms with Gasteiger partial charge in [0.1, 0.15) is 0 Å². The van der Waals surface area contributed by atoms with Gasteiger partial charge in [0, 0.05) is 24.0 Å². The van der Waals surface area contributed by atoms with Gasteiger partial charge in [-0.25, -0.2) is 0 Å². The zero-order valence-electron chi connectivity index (χ0n) is 10.5. The molecule has 0 atom stereocenters. The Hall–Kier alpha value is -1.88. The fraction of sp³-hybridized carbons (Fsp3) is 0.385. The summed E-state index contributed by atoms with van der Waals surface area (Å²) in [6, 6.07) is 7.48. The Bertz CT molecular complexity index is 560. The second-order valence-corrected chi connectivity index (χ2v) is 5.12. The molecule has 18 heavy (non-hydrogen) atoms. The van der Waals surface area contributed by atoms with Gasteiger partial charge in [0.25, 0.3) is 5.91 Å². The van der Waals surface area contributed by atoms with Crippen LogP contribution in [0.15, 0.2) is 24.3 Å². The van der Waals surface area contributed by atoms with E-state index in [9.17, 15) is 4.79 Å². The van der Waals surface area contributed by atoms with Crippen molar-refractivity contribution in [1.82, 2.24) is 15.5 Å². The Morgan fingerprint density at radius 1 is 1.44 bits per heavy atom. The van der Waals surface area contributed by atoms with Crippen LogP contribution in [0.25, 0.3) is 10.9 Å². The lowest BCUT2D eigenvalue weighted by Crippen LogP contribution is -2.36. The number of aromatic amines is 1. The van der Waals surface area contributed by atoms with Crippen LogP contribution >= 0.6 is 0 Å². The molecule has 0 bridgehead atoms. The lowest BCUT2D eigenvalue weighted by molar-refractivity contribution is 0.0907. The van der Waals surface area contributed by atoms with Crippen LogP contribution in [0.3, 0.4) is 0 Å². The average molecular weight is 247 g/mol. The van der Waals surface area contributed by atoms with Crippen molar-refractivity contribution in [3.63, 3.8) is 0 Å². The van der Waals surface area contributed by atoms with E-state index in [4.69, 9.17) is 5.11 Å². The van der Waals surface area contributed by atoms with E-state index >= 15 is 0 Å². The maximum Gasteiger partial charge on any atom is 0.272 e. The number of aliphatic hydroxyl groups is 1. The summed E-state index contributed by atoms with van der Waals surface area (Å²) >= 11 is 0. The Labute approximate surface area is 105 Å². The van der Waals surface area contributed by atoms with Crippen molar-refractivity contribution in [2.45, 2.75) is 13.8 Å². The average Bonchev–Trinajstić information content (AvgIpc) is 2.80. The summed E-state index contributed by atoms with van der Waals surface area (Å²) in [5, 5.41) is 19.6. The van der Waals surface area contributed by atoms with Crippen LogP contribution in [0.1, 0.15) is 24.3 Å². The highest BCUT2D eigenvalue weighted by atomic mass is 16.3. The number of amides is 1. The standard InChI is InChI=1S/C13H17N3O2/c1-13(2,8-17)7-14-12(18)11-9-5-3-4-6-10(9)15-16-11/h3-6,17H,7-8H2,1-2H3,(H,14,18)(H,15,16). The van der Waals surface area contributed by atoms with Crippen LogP contribution in [0.5, 0.6) is 0 Å². The van der Waals surface area contributed by atoms with Crippen molar-refractivity contribution in [3.8, 4) is 0 Å². The molecule has 2 rings (SSSR count). The summed E-state index contributed by atoms with van der Waals surface area (Å²) in [4.78, 5) is 12.0. The maximum atomic E-state index is 12.0. The Kier molecular flexibility index (Phi) is 3.34. The summed E-state index contributed by atoms with van der Waals surface area (Å²) in [5.41, 5.74) is 0.894. The highest BCUT2D eigenvalue weighted by Crippen LogP contribution is 2.16. The van der Waals surface area contributed by atoms with Crippen LogP contribution in [0.4, 0.5) is 0 Å². The van der Waals surface area contributed by atoms with E-state index in [1.54, 1.807) is 0 Å². The molecule has 96 valence electrons. The maximum absolute atomic E-state index is 12.0. The van der Waals surface area contributed by atoms with Crippen LogP contribution in [-0.4, -0.2) is 34.4 Å². The molecule has 0 saturated heterocycles. The van der Waals surface area contributed by atoms with Gasteiger partial charge in [-0.2, -0.15) is 5.10 Å². The highest BCUT2D eigenvalue weighted by Gasteiger charge is 2.20. The van der Waals surface area contributed by atoms with Gasteiger partial charge in [0.2, 0.25) is 0 Å². The number of rotatable bonds is 4. The van der Waals surface area contributed by atoms with E-state index in [-0.39, 0.29) is 17.9 Å². The van der Waals surface area contributed by atoms with Gasteiger partial charge < -0.3 is 10.4 Å². The fourth-order valence-electron chi connectivity index (χ4n) is 1.60. The third kappa shape index (κ3) is 2.51. The molecule has 5 heteroatoms. The number of hydrogen-bond acceptors (Lipinski definition) is 3. The number of para-hydroxylation sites is 1. The van der Waals surface area contributed by atoms with Crippen molar-refractivity contribution in [2.75, 3.05) is 13.2 Å². The molecule has 0 saturated carbocycles. The molecule has 0 fully saturated rings. The molecule has 0 unspecified atom stereocenters. The number of nitrogens with zero attached hydrogens (tertiary/aromatic N) is 1. The number of nitrogens with one attached hydrogen (secondary N) is 2. The normalized spacial score (nSPS) is 11.7. The largest absolute Gasteiger partial charge is 0.396 e. The molecule has 2 aromatic rings. The number of fused-ring (bicyclic) bond motifs is 1. The molecule has 0 radical (unpaired) electrons. The molecular formula is C13H17N3O2. The van der Waals surface area contributed by atoms with E-state index in [1.807, 2.05) is 38.1 Å². The second kappa shape index (κ2) is 4.78. The van der Waals surface area contributed by atoms with Gasteiger partial charge >= 0.3 is 0 Å². The Morgan fingerprint density at radius 2 is 2.17 bits per heavy atom. The molecule has 0 spiro atoms. The molecule has 0 aliphatic heterocycles. The van der Waals surface area contributed by atoms with Gasteiger partial charge in [0.15, 0.2) is 5.69 Å². The number of aliphatic hydroxyl groups excluding tert-OH is 1. The zero-order chi connectivity index (χ0) is 13.2. The third-order valence-electron chi connectivity index (χ3n) is 2.84. The molecule has 1 aromatic heterocycles. The lowest BCUT2D eigenvalue weighted by Gasteiger charge is -2.21. The quantitative estimate of drug-likeness (QED) is 0.762. The van der Waals surface area contributed by atoms with Gasteiger partial charge in [-0.05, 0) is 6.07 Å². The summed E-state index contributed by atoms with van der Waals surface area (Å²) in [6.45, 7) is 4.20. The minimum absolute atomic E-state index is 0.0224. The monoisotopic (exact) mass is 247 g/mol. The van der Waals surface area contributed by atoms with E-state index in [2.05, 4.69) is 15.5 Å². The first kappa shape index (κ1) is 12.6. The molecule has 1 amide bonds. The molecular weight excluding hydrogens is 230 g/mol. The smallest absolute Gasteiger partial charge is 0.272 e. The molecule has 3 N–H and O–H groups in total. The fourth-order valence-corrected chi connectivity index (χ4v) is 1.60. The van der Waals surface area contributed by atoms with Crippen LogP contribution < -0.4 is 5.32 Å². The van der Waals surface area contributed by atoms with Crippen molar-refractivity contribution in [3.05, 3.63) is 30.0 Å². The van der Waals surface area contributed by atoms with Crippen molar-refractivity contribution >= 4 is 16.8 Å². The first-order valence-corrected chi connectivity index (χ1v) is 5.86. The third-order valence-corrected chi connectivity index (χ3v) is 2.84. The summed E-state index contributed by atoms with van der Waals surface area (Å²) < 4.78 is 0. The minimum atomic E-state index is -0.332. The van der Waals surface area contributed by atoms with E-state index < -0.39 is 0 Å². The SMILES string of the molecule is CC(C)(CO)CNC(=O)c1n[nH]c2ccccc12. The van der Waals surface area contributed by atoms with Gasteiger partial charge in [-0.3, -0.25) is 9.89 Å². The molecule has 1 aromatic carbocycles. The Morgan fingerprint density at radius 3 is 2.89 bits per heavy atom. The van der Waals surface area contributed by atoms with Gasteiger partial charge in [0.05, 0.1) is 5.52 Å². The molecule has 5 nitrogen and oxygen atoms in total. The van der Waals surface area contributed by atoms with Gasteiger partial charge in [-0.1, -0.05) is 32.0 Å². The second-order valence-electron chi connectivity index (χ2n) is 5.12. The number of carbonyl (C=O) groups is 1. The number of aromatic nitrogens is 2. The van der Waals surface area contributed by atoms with Crippen molar-refractivity contribution < 1.29 is 9.90 Å². The number of hydrogen-bond donors (Lipinski definition) is 3. The topological polar surface area (TPSA) is 78.0 Å². The Balaban J connectivity index is 2.14. The molecule has 0 aliphatic carbocycles. The minimum Gasteiger partial charge on any atom is -0.396 e. The first-order valence-electron chi connectivity index (χ1n) is 5.86. The summed E-state index contributed by atoms with van der Waals surface area (Å²) in [7, 11) is 0. The van der Waals surface area contributed by atoms with Crippen LogP contribution in [-0.2, 0) is 0 Å². The summed E-state index contributed by atoms with van der Waals surface area (Å²) in [5.74, 6) is -0.228. The van der Waals surface area contributed by atoms with E-state index in [0.29, 0.717) is 12.2 Å². The number of benzene rings is 1. The number of carbonyl (C=O) groups excluding carboxylic acids is 1.